The van der Waals surface area contributed by atoms with Gasteiger partial charge in [-0.3, -0.25) is 4.79 Å². The first-order valence-corrected chi connectivity index (χ1v) is 4.53. The zero-order valence-electron chi connectivity index (χ0n) is 8.13. The lowest BCUT2D eigenvalue weighted by molar-refractivity contribution is -0.0498. The van der Waals surface area contributed by atoms with E-state index in [-0.39, 0.29) is 21.9 Å². The van der Waals surface area contributed by atoms with Gasteiger partial charge in [0, 0.05) is 11.6 Å². The van der Waals surface area contributed by atoms with Crippen LogP contribution >= 0.6 is 11.6 Å². The standard InChI is InChI=1S/C10H6ClF2NO2/c1-5(15)7-2-6(16-10(12)13)3-9(11)8(7)4-14/h2-3,10H,1H3. The van der Waals surface area contributed by atoms with Crippen molar-refractivity contribution in [2.24, 2.45) is 0 Å². The summed E-state index contributed by atoms with van der Waals surface area (Å²) in [5, 5.41) is 8.65. The number of nitrogens with zero attached hydrogens (tertiary/aromatic N) is 1. The minimum Gasteiger partial charge on any atom is -0.435 e. The molecule has 0 aliphatic carbocycles. The normalized spacial score (nSPS) is 10.0. The number of carbonyl (C=O) groups excluding carboxylic acids is 1. The van der Waals surface area contributed by atoms with Gasteiger partial charge in [0.15, 0.2) is 5.78 Å². The summed E-state index contributed by atoms with van der Waals surface area (Å²) in [4.78, 5) is 11.2. The summed E-state index contributed by atoms with van der Waals surface area (Å²) >= 11 is 5.66. The third kappa shape index (κ3) is 2.67. The van der Waals surface area contributed by atoms with Crippen molar-refractivity contribution in [3.63, 3.8) is 0 Å². The van der Waals surface area contributed by atoms with Crippen LogP contribution in [0.15, 0.2) is 12.1 Å². The Kier molecular flexibility index (Phi) is 3.80. The van der Waals surface area contributed by atoms with Crippen LogP contribution in [0.25, 0.3) is 0 Å². The van der Waals surface area contributed by atoms with Gasteiger partial charge >= 0.3 is 6.61 Å². The second-order valence-electron chi connectivity index (χ2n) is 2.87. The van der Waals surface area contributed by atoms with E-state index in [2.05, 4.69) is 4.74 Å². The van der Waals surface area contributed by atoms with Crippen LogP contribution in [-0.4, -0.2) is 12.4 Å². The SMILES string of the molecule is CC(=O)c1cc(OC(F)F)cc(Cl)c1C#N. The lowest BCUT2D eigenvalue weighted by Gasteiger charge is -2.08. The van der Waals surface area contributed by atoms with Crippen LogP contribution in [-0.2, 0) is 0 Å². The fourth-order valence-electron chi connectivity index (χ4n) is 1.14. The smallest absolute Gasteiger partial charge is 0.387 e. The van der Waals surface area contributed by atoms with E-state index in [9.17, 15) is 13.6 Å². The predicted octanol–water partition coefficient (Wildman–Crippen LogP) is 3.02. The molecule has 0 N–H and O–H groups in total. The Morgan fingerprint density at radius 1 is 1.56 bits per heavy atom. The summed E-state index contributed by atoms with van der Waals surface area (Å²) in [6.07, 6.45) is 0. The molecule has 0 heterocycles. The van der Waals surface area contributed by atoms with Crippen molar-refractivity contribution in [3.05, 3.63) is 28.3 Å². The second kappa shape index (κ2) is 4.90. The van der Waals surface area contributed by atoms with Crippen molar-refractivity contribution in [1.82, 2.24) is 0 Å². The summed E-state index contributed by atoms with van der Waals surface area (Å²) in [5.41, 5.74) is -0.0820. The minimum absolute atomic E-state index is 0.0364. The summed E-state index contributed by atoms with van der Waals surface area (Å²) < 4.78 is 28.0. The molecule has 1 rings (SSSR count). The van der Waals surface area contributed by atoms with Gasteiger partial charge in [-0.05, 0) is 13.0 Å². The number of benzene rings is 1. The highest BCUT2D eigenvalue weighted by Gasteiger charge is 2.15. The number of hydrogen-bond acceptors (Lipinski definition) is 3. The highest BCUT2D eigenvalue weighted by molar-refractivity contribution is 6.32. The Labute approximate surface area is 95.2 Å². The third-order valence-electron chi connectivity index (χ3n) is 1.78. The number of halogens is 3. The molecule has 16 heavy (non-hydrogen) atoms. The molecule has 0 spiro atoms. The minimum atomic E-state index is -3.01. The van der Waals surface area contributed by atoms with Crippen LogP contribution in [0, 0.1) is 11.3 Å². The molecule has 0 saturated carbocycles. The lowest BCUT2D eigenvalue weighted by atomic mass is 10.0. The van der Waals surface area contributed by atoms with Crippen LogP contribution in [0.4, 0.5) is 8.78 Å². The van der Waals surface area contributed by atoms with E-state index in [0.717, 1.165) is 12.1 Å². The van der Waals surface area contributed by atoms with Gasteiger partial charge in [-0.1, -0.05) is 11.6 Å². The number of rotatable bonds is 3. The van der Waals surface area contributed by atoms with E-state index in [4.69, 9.17) is 16.9 Å². The summed E-state index contributed by atoms with van der Waals surface area (Å²) in [6.45, 7) is -1.80. The van der Waals surface area contributed by atoms with E-state index < -0.39 is 12.4 Å². The van der Waals surface area contributed by atoms with Gasteiger partial charge < -0.3 is 4.74 Å². The van der Waals surface area contributed by atoms with Gasteiger partial charge in [0.1, 0.15) is 11.8 Å². The highest BCUT2D eigenvalue weighted by Crippen LogP contribution is 2.27. The van der Waals surface area contributed by atoms with E-state index >= 15 is 0 Å². The molecule has 0 atom stereocenters. The molecule has 0 bridgehead atoms. The first-order chi connectivity index (χ1) is 7.45. The first kappa shape index (κ1) is 12.4. The quantitative estimate of drug-likeness (QED) is 0.769. The summed E-state index contributed by atoms with van der Waals surface area (Å²) in [6, 6.07) is 3.87. The molecular formula is C10H6ClF2NO2. The van der Waals surface area contributed by atoms with Crippen LogP contribution in [0.1, 0.15) is 22.8 Å². The maximum Gasteiger partial charge on any atom is 0.387 e. The average molecular weight is 246 g/mol. The fourth-order valence-corrected chi connectivity index (χ4v) is 1.40. The van der Waals surface area contributed by atoms with Crippen molar-refractivity contribution in [3.8, 4) is 11.8 Å². The molecule has 0 aromatic heterocycles. The molecule has 0 aliphatic heterocycles. The third-order valence-corrected chi connectivity index (χ3v) is 2.08. The molecule has 84 valence electrons. The number of alkyl halides is 2. The van der Waals surface area contributed by atoms with E-state index in [1.54, 1.807) is 6.07 Å². The molecule has 1 aromatic carbocycles. The Morgan fingerprint density at radius 2 is 2.19 bits per heavy atom. The lowest BCUT2D eigenvalue weighted by Crippen LogP contribution is -2.05. The highest BCUT2D eigenvalue weighted by atomic mass is 35.5. The molecule has 1 aromatic rings. The Hall–Kier alpha value is -1.67. The molecule has 0 fully saturated rings. The number of ether oxygens (including phenoxy) is 1. The molecule has 0 unspecified atom stereocenters. The first-order valence-electron chi connectivity index (χ1n) is 4.15. The molecule has 0 saturated heterocycles. The van der Waals surface area contributed by atoms with Gasteiger partial charge in [0.25, 0.3) is 0 Å². The van der Waals surface area contributed by atoms with Gasteiger partial charge in [-0.2, -0.15) is 14.0 Å². The monoisotopic (exact) mass is 245 g/mol. The second-order valence-corrected chi connectivity index (χ2v) is 3.28. The van der Waals surface area contributed by atoms with Crippen molar-refractivity contribution in [2.75, 3.05) is 0 Å². The summed E-state index contributed by atoms with van der Waals surface area (Å²) in [5.74, 6) is -0.692. The maximum atomic E-state index is 12.0. The number of ketones is 1. The number of hydrogen-bond donors (Lipinski definition) is 0. The van der Waals surface area contributed by atoms with Crippen molar-refractivity contribution >= 4 is 17.4 Å². The maximum absolute atomic E-state index is 12.0. The van der Waals surface area contributed by atoms with Crippen molar-refractivity contribution in [2.45, 2.75) is 13.5 Å². The van der Waals surface area contributed by atoms with Crippen molar-refractivity contribution < 1.29 is 18.3 Å². The van der Waals surface area contributed by atoms with E-state index in [1.165, 1.54) is 6.92 Å². The summed E-state index contributed by atoms with van der Waals surface area (Å²) in [7, 11) is 0. The number of Topliss-reactive ketones (excluding diaryl/α,β-unsaturated/α-hetero) is 1. The zero-order chi connectivity index (χ0) is 12.3. The van der Waals surface area contributed by atoms with E-state index in [0.29, 0.717) is 0 Å². The Morgan fingerprint density at radius 3 is 2.62 bits per heavy atom. The van der Waals surface area contributed by atoms with Gasteiger partial charge in [-0.25, -0.2) is 0 Å². The van der Waals surface area contributed by atoms with E-state index in [1.807, 2.05) is 0 Å². The van der Waals surface area contributed by atoms with Crippen LogP contribution in [0.3, 0.4) is 0 Å². The van der Waals surface area contributed by atoms with Crippen molar-refractivity contribution in [1.29, 1.82) is 5.26 Å². The topological polar surface area (TPSA) is 50.1 Å². The molecule has 6 heteroatoms. The van der Waals surface area contributed by atoms with Crippen LogP contribution in [0.5, 0.6) is 5.75 Å². The Bertz CT molecular complexity index is 469. The number of nitriles is 1. The van der Waals surface area contributed by atoms with Gasteiger partial charge in [0.05, 0.1) is 10.6 Å². The van der Waals surface area contributed by atoms with Crippen LogP contribution in [0.2, 0.25) is 5.02 Å². The molecule has 3 nitrogen and oxygen atoms in total. The number of carbonyl (C=O) groups is 1. The molecule has 0 aliphatic rings. The molecular weight excluding hydrogens is 240 g/mol. The zero-order valence-corrected chi connectivity index (χ0v) is 8.89. The van der Waals surface area contributed by atoms with Gasteiger partial charge in [-0.15, -0.1) is 0 Å². The largest absolute Gasteiger partial charge is 0.435 e. The fraction of sp³-hybridized carbons (Fsp3) is 0.200. The van der Waals surface area contributed by atoms with Gasteiger partial charge in [0.2, 0.25) is 0 Å². The Balaban J connectivity index is 3.29. The molecule has 0 radical (unpaired) electrons. The predicted molar refractivity (Wildman–Crippen MR) is 52.8 cm³/mol. The van der Waals surface area contributed by atoms with Crippen LogP contribution < -0.4 is 4.74 Å². The molecule has 0 amide bonds. The average Bonchev–Trinajstić information content (AvgIpc) is 2.15.